The van der Waals surface area contributed by atoms with Crippen molar-refractivity contribution in [3.8, 4) is 0 Å². The molecule has 4 heteroatoms. The van der Waals surface area contributed by atoms with Crippen molar-refractivity contribution in [3.05, 3.63) is 77.4 Å². The monoisotopic (exact) mass is 334 g/mol. The zero-order chi connectivity index (χ0) is 17.1. The van der Waals surface area contributed by atoms with Crippen molar-refractivity contribution in [2.45, 2.75) is 6.23 Å². The van der Waals surface area contributed by atoms with Crippen LogP contribution in [0.25, 0.3) is 6.08 Å². The highest BCUT2D eigenvalue weighted by atomic mass is 16.6. The second kappa shape index (κ2) is 7.21. The van der Waals surface area contributed by atoms with Crippen molar-refractivity contribution < 1.29 is 9.53 Å². The molecule has 2 aliphatic rings. The van der Waals surface area contributed by atoms with E-state index >= 15 is 0 Å². The summed E-state index contributed by atoms with van der Waals surface area (Å²) < 4.78 is 5.60. The first-order valence-corrected chi connectivity index (χ1v) is 8.79. The normalized spacial score (nSPS) is 21.4. The molecule has 0 spiro atoms. The number of carbonyl (C=O) groups excluding carboxylic acids is 1. The molecule has 4 rings (SSSR count). The van der Waals surface area contributed by atoms with Crippen molar-refractivity contribution in [2.75, 3.05) is 32.7 Å². The first-order chi connectivity index (χ1) is 12.3. The number of nitrogens with zero attached hydrogens (tertiary/aromatic N) is 2. The second-order valence-corrected chi connectivity index (χ2v) is 6.49. The molecule has 0 amide bonds. The molecule has 2 heterocycles. The lowest BCUT2D eigenvalue weighted by atomic mass is 10.1. The van der Waals surface area contributed by atoms with Gasteiger partial charge in [-0.2, -0.15) is 0 Å². The summed E-state index contributed by atoms with van der Waals surface area (Å²) in [4.78, 5) is 16.7. The maximum Gasteiger partial charge on any atom is 0.340 e. The van der Waals surface area contributed by atoms with E-state index in [9.17, 15) is 4.79 Å². The molecule has 0 saturated carbocycles. The molecule has 0 aromatic heterocycles. The van der Waals surface area contributed by atoms with Gasteiger partial charge in [-0.25, -0.2) is 4.79 Å². The topological polar surface area (TPSA) is 32.8 Å². The van der Waals surface area contributed by atoms with E-state index in [1.54, 1.807) is 0 Å². The average molecular weight is 334 g/mol. The highest BCUT2D eigenvalue weighted by Crippen LogP contribution is 2.33. The van der Waals surface area contributed by atoms with E-state index in [0.717, 1.165) is 38.3 Å². The van der Waals surface area contributed by atoms with Gasteiger partial charge in [0.25, 0.3) is 0 Å². The van der Waals surface area contributed by atoms with Crippen LogP contribution in [-0.2, 0) is 4.74 Å². The Balaban J connectivity index is 1.32. The van der Waals surface area contributed by atoms with E-state index in [-0.39, 0.29) is 12.2 Å². The van der Waals surface area contributed by atoms with Gasteiger partial charge in [0.2, 0.25) is 0 Å². The van der Waals surface area contributed by atoms with Crippen molar-refractivity contribution >= 4 is 12.0 Å². The van der Waals surface area contributed by atoms with E-state index in [1.165, 1.54) is 5.56 Å². The minimum absolute atomic E-state index is 0.200. The Labute approximate surface area is 148 Å². The largest absolute Gasteiger partial charge is 0.438 e. The maximum atomic E-state index is 12.0. The Kier molecular flexibility index (Phi) is 4.63. The van der Waals surface area contributed by atoms with Crippen LogP contribution in [0, 0.1) is 0 Å². The molecule has 1 saturated heterocycles. The quantitative estimate of drug-likeness (QED) is 0.804. The number of piperazine rings is 1. The SMILES string of the molecule is O=C1OC(N2CCN(CC=Cc3ccccc3)CC2)c2ccccc21. The van der Waals surface area contributed by atoms with Crippen molar-refractivity contribution in [3.63, 3.8) is 0 Å². The van der Waals surface area contributed by atoms with Crippen LogP contribution in [0.15, 0.2) is 60.7 Å². The molecule has 4 nitrogen and oxygen atoms in total. The van der Waals surface area contributed by atoms with Gasteiger partial charge in [0.05, 0.1) is 5.56 Å². The lowest BCUT2D eigenvalue weighted by Gasteiger charge is -2.36. The first kappa shape index (κ1) is 16.1. The average Bonchev–Trinajstić information content (AvgIpc) is 3.00. The fourth-order valence-corrected chi connectivity index (χ4v) is 3.48. The Bertz CT molecular complexity index is 764. The van der Waals surface area contributed by atoms with Gasteiger partial charge >= 0.3 is 5.97 Å². The van der Waals surface area contributed by atoms with Crippen LogP contribution >= 0.6 is 0 Å². The second-order valence-electron chi connectivity index (χ2n) is 6.49. The van der Waals surface area contributed by atoms with Gasteiger partial charge in [-0.15, -0.1) is 0 Å². The number of benzene rings is 2. The highest BCUT2D eigenvalue weighted by Gasteiger charge is 2.35. The van der Waals surface area contributed by atoms with Gasteiger partial charge in [0.15, 0.2) is 6.23 Å². The zero-order valence-corrected chi connectivity index (χ0v) is 14.2. The fraction of sp³-hybridized carbons (Fsp3) is 0.286. The van der Waals surface area contributed by atoms with Gasteiger partial charge in [-0.1, -0.05) is 60.7 Å². The molecule has 0 bridgehead atoms. The van der Waals surface area contributed by atoms with Gasteiger partial charge in [0, 0.05) is 38.3 Å². The van der Waals surface area contributed by atoms with Gasteiger partial charge in [-0.3, -0.25) is 9.80 Å². The Morgan fingerprint density at radius 2 is 1.68 bits per heavy atom. The molecule has 0 N–H and O–H groups in total. The number of hydrogen-bond donors (Lipinski definition) is 0. The van der Waals surface area contributed by atoms with Crippen LogP contribution in [0.2, 0.25) is 0 Å². The molecule has 1 unspecified atom stereocenters. The van der Waals surface area contributed by atoms with E-state index in [0.29, 0.717) is 5.56 Å². The third kappa shape index (κ3) is 3.50. The molecular formula is C21H22N2O2. The Hall–Kier alpha value is -2.43. The molecule has 1 atom stereocenters. The Morgan fingerprint density at radius 1 is 0.960 bits per heavy atom. The number of ether oxygens (including phenoxy) is 1. The number of esters is 1. The molecular weight excluding hydrogens is 312 g/mol. The molecule has 0 aliphatic carbocycles. The summed E-state index contributed by atoms with van der Waals surface area (Å²) in [6, 6.07) is 18.1. The molecule has 128 valence electrons. The van der Waals surface area contributed by atoms with Crippen molar-refractivity contribution in [2.24, 2.45) is 0 Å². The number of hydrogen-bond acceptors (Lipinski definition) is 4. The first-order valence-electron chi connectivity index (χ1n) is 8.79. The standard InChI is InChI=1S/C21H22N2O2/c24-21-19-11-5-4-10-18(19)20(25-21)23-15-13-22(14-16-23)12-6-9-17-7-2-1-3-8-17/h1-11,20H,12-16H2. The molecule has 0 radical (unpaired) electrons. The maximum absolute atomic E-state index is 12.0. The van der Waals surface area contributed by atoms with E-state index in [2.05, 4.69) is 46.2 Å². The highest BCUT2D eigenvalue weighted by molar-refractivity contribution is 5.93. The van der Waals surface area contributed by atoms with Crippen LogP contribution in [0.4, 0.5) is 0 Å². The molecule has 2 aromatic rings. The number of fused-ring (bicyclic) bond motifs is 1. The summed E-state index contributed by atoms with van der Waals surface area (Å²) in [5.41, 5.74) is 2.95. The number of carbonyl (C=O) groups is 1. The fourth-order valence-electron chi connectivity index (χ4n) is 3.48. The lowest BCUT2D eigenvalue weighted by molar-refractivity contribution is -0.0398. The Morgan fingerprint density at radius 3 is 2.48 bits per heavy atom. The molecule has 1 fully saturated rings. The van der Waals surface area contributed by atoms with Crippen LogP contribution in [-0.4, -0.2) is 48.5 Å². The summed E-state index contributed by atoms with van der Waals surface area (Å²) in [6.45, 7) is 4.73. The minimum Gasteiger partial charge on any atom is -0.438 e. The molecule has 2 aliphatic heterocycles. The van der Waals surface area contributed by atoms with E-state index in [1.807, 2.05) is 30.3 Å². The van der Waals surface area contributed by atoms with Crippen molar-refractivity contribution in [1.82, 2.24) is 9.80 Å². The van der Waals surface area contributed by atoms with Crippen LogP contribution in [0.5, 0.6) is 0 Å². The minimum atomic E-state index is -0.217. The molecule has 25 heavy (non-hydrogen) atoms. The third-order valence-electron chi connectivity index (χ3n) is 4.88. The van der Waals surface area contributed by atoms with Crippen LogP contribution in [0.1, 0.15) is 27.7 Å². The van der Waals surface area contributed by atoms with Gasteiger partial charge in [-0.05, 0) is 11.6 Å². The lowest BCUT2D eigenvalue weighted by Crippen LogP contribution is -2.47. The van der Waals surface area contributed by atoms with Crippen molar-refractivity contribution in [1.29, 1.82) is 0 Å². The van der Waals surface area contributed by atoms with E-state index < -0.39 is 0 Å². The van der Waals surface area contributed by atoms with E-state index in [4.69, 9.17) is 4.74 Å². The van der Waals surface area contributed by atoms with Crippen LogP contribution < -0.4 is 0 Å². The summed E-state index contributed by atoms with van der Waals surface area (Å²) in [7, 11) is 0. The predicted octanol–water partition coefficient (Wildman–Crippen LogP) is 3.19. The van der Waals surface area contributed by atoms with Crippen LogP contribution in [0.3, 0.4) is 0 Å². The third-order valence-corrected chi connectivity index (χ3v) is 4.88. The summed E-state index contributed by atoms with van der Waals surface area (Å²) >= 11 is 0. The summed E-state index contributed by atoms with van der Waals surface area (Å²) in [6.07, 6.45) is 4.17. The smallest absolute Gasteiger partial charge is 0.340 e. The zero-order valence-electron chi connectivity index (χ0n) is 14.2. The molecule has 2 aromatic carbocycles. The number of rotatable bonds is 4. The number of cyclic esters (lactones) is 1. The summed E-state index contributed by atoms with van der Waals surface area (Å²) in [5.74, 6) is -0.200. The predicted molar refractivity (Wildman–Crippen MR) is 98.1 cm³/mol. The van der Waals surface area contributed by atoms with Gasteiger partial charge in [0.1, 0.15) is 0 Å². The summed E-state index contributed by atoms with van der Waals surface area (Å²) in [5, 5.41) is 0. The van der Waals surface area contributed by atoms with Gasteiger partial charge < -0.3 is 4.74 Å².